The molecule has 0 radical (unpaired) electrons. The Hall–Kier alpha value is 0.100. The Morgan fingerprint density at radius 2 is 2.00 bits per heavy atom. The summed E-state index contributed by atoms with van der Waals surface area (Å²) in [4.78, 5) is 0. The van der Waals surface area contributed by atoms with Gasteiger partial charge in [-0.2, -0.15) is 0 Å². The summed E-state index contributed by atoms with van der Waals surface area (Å²) in [6.45, 7) is 1.82. The molecule has 0 spiro atoms. The Morgan fingerprint density at radius 1 is 1.42 bits per heavy atom. The lowest BCUT2D eigenvalue weighted by atomic mass is 10.1. The van der Waals surface area contributed by atoms with E-state index in [1.54, 1.807) is 12.1 Å². The molecule has 66 valence electrons. The maximum Gasteiger partial charge on any atom is 0.266 e. The zero-order chi connectivity index (χ0) is 9.30. The number of halogens is 4. The van der Waals surface area contributed by atoms with Crippen LogP contribution in [0, 0.1) is 10.5 Å². The molecule has 0 saturated heterocycles. The zero-order valence-corrected chi connectivity index (χ0v) is 9.16. The van der Waals surface area contributed by atoms with Crippen molar-refractivity contribution in [2.24, 2.45) is 0 Å². The smallest absolute Gasteiger partial charge is 0.205 e. The van der Waals surface area contributed by atoms with Gasteiger partial charge in [0.05, 0.1) is 5.02 Å². The molecule has 0 aliphatic carbocycles. The molecule has 0 heterocycles. The van der Waals surface area contributed by atoms with Crippen LogP contribution < -0.4 is 0 Å². The average Bonchev–Trinajstić information content (AvgIpc) is 1.82. The van der Waals surface area contributed by atoms with Gasteiger partial charge in [0.2, 0.25) is 0 Å². The molecule has 1 aromatic rings. The van der Waals surface area contributed by atoms with E-state index < -0.39 is 6.43 Å². The first kappa shape index (κ1) is 10.2. The van der Waals surface area contributed by atoms with Gasteiger partial charge in [-0.3, -0.25) is 0 Å². The van der Waals surface area contributed by atoms with Gasteiger partial charge in [-0.1, -0.05) is 11.6 Å². The fraction of sp³-hybridized carbons (Fsp3) is 0.250. The van der Waals surface area contributed by atoms with Crippen molar-refractivity contribution >= 4 is 34.2 Å². The van der Waals surface area contributed by atoms with Gasteiger partial charge in [0, 0.05) is 9.13 Å². The van der Waals surface area contributed by atoms with Crippen LogP contribution in [0.1, 0.15) is 17.6 Å². The van der Waals surface area contributed by atoms with Crippen LogP contribution in [0.15, 0.2) is 12.1 Å². The second-order valence-corrected chi connectivity index (χ2v) is 4.01. The molecule has 0 saturated carbocycles. The first-order chi connectivity index (χ1) is 5.52. The molecule has 1 rings (SSSR count). The molecule has 0 aliphatic rings. The van der Waals surface area contributed by atoms with Gasteiger partial charge in [-0.25, -0.2) is 8.78 Å². The second kappa shape index (κ2) is 3.87. The van der Waals surface area contributed by atoms with E-state index in [1.165, 1.54) is 0 Å². The highest BCUT2D eigenvalue weighted by molar-refractivity contribution is 14.1. The van der Waals surface area contributed by atoms with Gasteiger partial charge in [-0.15, -0.1) is 0 Å². The number of rotatable bonds is 1. The van der Waals surface area contributed by atoms with Gasteiger partial charge >= 0.3 is 0 Å². The Balaban J connectivity index is 3.28. The van der Waals surface area contributed by atoms with Crippen LogP contribution in [0.4, 0.5) is 8.78 Å². The minimum Gasteiger partial charge on any atom is -0.205 e. The standard InChI is InChI=1S/C8H6ClF2I/c1-4-2-5(9)7(8(10)11)6(12)3-4/h2-3,8H,1H3. The highest BCUT2D eigenvalue weighted by atomic mass is 127. The Morgan fingerprint density at radius 3 is 2.42 bits per heavy atom. The van der Waals surface area contributed by atoms with E-state index in [4.69, 9.17) is 11.6 Å². The summed E-state index contributed by atoms with van der Waals surface area (Å²) in [5, 5.41) is 0.148. The zero-order valence-electron chi connectivity index (χ0n) is 6.24. The number of benzene rings is 1. The average molecular weight is 302 g/mol. The van der Waals surface area contributed by atoms with E-state index in [0.717, 1.165) is 5.56 Å². The van der Waals surface area contributed by atoms with Crippen LogP contribution in [-0.4, -0.2) is 0 Å². The van der Waals surface area contributed by atoms with Crippen molar-refractivity contribution in [3.05, 3.63) is 31.9 Å². The fourth-order valence-corrected chi connectivity index (χ4v) is 2.45. The molecule has 0 N–H and O–H groups in total. The molecule has 4 heteroatoms. The van der Waals surface area contributed by atoms with Crippen LogP contribution in [0.2, 0.25) is 5.02 Å². The maximum absolute atomic E-state index is 12.3. The van der Waals surface area contributed by atoms with Crippen LogP contribution >= 0.6 is 34.2 Å². The molecular weight excluding hydrogens is 296 g/mol. The topological polar surface area (TPSA) is 0 Å². The van der Waals surface area contributed by atoms with E-state index in [0.29, 0.717) is 3.57 Å². The third-order valence-electron chi connectivity index (χ3n) is 1.44. The third-order valence-corrected chi connectivity index (χ3v) is 2.65. The van der Waals surface area contributed by atoms with E-state index in [1.807, 2.05) is 29.5 Å². The number of hydrogen-bond donors (Lipinski definition) is 0. The van der Waals surface area contributed by atoms with Crippen molar-refractivity contribution in [2.75, 3.05) is 0 Å². The quantitative estimate of drug-likeness (QED) is 0.682. The van der Waals surface area contributed by atoms with E-state index in [2.05, 4.69) is 0 Å². The fourth-order valence-electron chi connectivity index (χ4n) is 0.919. The molecular formula is C8H6ClF2I. The number of alkyl halides is 2. The summed E-state index contributed by atoms with van der Waals surface area (Å²) in [7, 11) is 0. The minimum absolute atomic E-state index is 0.0668. The van der Waals surface area contributed by atoms with Crippen LogP contribution in [-0.2, 0) is 0 Å². The van der Waals surface area contributed by atoms with Crippen LogP contribution in [0.3, 0.4) is 0 Å². The molecule has 0 nitrogen and oxygen atoms in total. The lowest BCUT2D eigenvalue weighted by Gasteiger charge is -2.06. The molecule has 12 heavy (non-hydrogen) atoms. The molecule has 1 aromatic carbocycles. The van der Waals surface area contributed by atoms with Gasteiger partial charge in [0.25, 0.3) is 6.43 Å². The highest BCUT2D eigenvalue weighted by Gasteiger charge is 2.15. The van der Waals surface area contributed by atoms with Gasteiger partial charge < -0.3 is 0 Å². The molecule has 0 aliphatic heterocycles. The van der Waals surface area contributed by atoms with Crippen LogP contribution in [0.5, 0.6) is 0 Å². The first-order valence-corrected chi connectivity index (χ1v) is 4.71. The van der Waals surface area contributed by atoms with Crippen molar-refractivity contribution in [1.29, 1.82) is 0 Å². The maximum atomic E-state index is 12.3. The van der Waals surface area contributed by atoms with Gasteiger partial charge in [-0.05, 0) is 47.2 Å². The predicted octanol–water partition coefficient (Wildman–Crippen LogP) is 4.19. The molecule has 0 atom stereocenters. The summed E-state index contributed by atoms with van der Waals surface area (Å²) < 4.78 is 25.2. The SMILES string of the molecule is Cc1cc(Cl)c(C(F)F)c(I)c1. The Kier molecular flexibility index (Phi) is 3.29. The Bertz CT molecular complexity index is 276. The summed E-state index contributed by atoms with van der Waals surface area (Å²) in [5.41, 5.74) is 0.830. The molecule has 0 aromatic heterocycles. The van der Waals surface area contributed by atoms with Crippen molar-refractivity contribution in [3.8, 4) is 0 Å². The summed E-state index contributed by atoms with van der Waals surface area (Å²) >= 11 is 7.51. The number of aryl methyl sites for hydroxylation is 1. The Labute approximate surface area is 88.1 Å². The van der Waals surface area contributed by atoms with Gasteiger partial charge in [0.15, 0.2) is 0 Å². The minimum atomic E-state index is -2.50. The predicted molar refractivity (Wildman–Crippen MR) is 53.9 cm³/mol. The van der Waals surface area contributed by atoms with E-state index in [9.17, 15) is 8.78 Å². The number of hydrogen-bond acceptors (Lipinski definition) is 0. The van der Waals surface area contributed by atoms with Crippen molar-refractivity contribution in [2.45, 2.75) is 13.3 Å². The summed E-state index contributed by atoms with van der Waals surface area (Å²) in [6.07, 6.45) is -2.50. The third kappa shape index (κ3) is 2.07. The molecule has 0 fully saturated rings. The molecule has 0 unspecified atom stereocenters. The molecule has 0 bridgehead atoms. The summed E-state index contributed by atoms with van der Waals surface area (Å²) in [5.74, 6) is 0. The monoisotopic (exact) mass is 302 g/mol. The second-order valence-electron chi connectivity index (χ2n) is 2.44. The highest BCUT2D eigenvalue weighted by Crippen LogP contribution is 2.32. The lowest BCUT2D eigenvalue weighted by molar-refractivity contribution is 0.150. The van der Waals surface area contributed by atoms with Crippen LogP contribution in [0.25, 0.3) is 0 Å². The lowest BCUT2D eigenvalue weighted by Crippen LogP contribution is -1.91. The first-order valence-electron chi connectivity index (χ1n) is 3.26. The van der Waals surface area contributed by atoms with Gasteiger partial charge in [0.1, 0.15) is 0 Å². The summed E-state index contributed by atoms with van der Waals surface area (Å²) in [6, 6.07) is 3.24. The van der Waals surface area contributed by atoms with Crippen molar-refractivity contribution in [1.82, 2.24) is 0 Å². The van der Waals surface area contributed by atoms with E-state index >= 15 is 0 Å². The van der Waals surface area contributed by atoms with E-state index in [-0.39, 0.29) is 10.6 Å². The molecule has 0 amide bonds. The normalized spacial score (nSPS) is 10.8. The van der Waals surface area contributed by atoms with Crippen molar-refractivity contribution < 1.29 is 8.78 Å². The largest absolute Gasteiger partial charge is 0.266 e. The van der Waals surface area contributed by atoms with Crippen molar-refractivity contribution in [3.63, 3.8) is 0 Å².